The van der Waals surface area contributed by atoms with Gasteiger partial charge in [-0.3, -0.25) is 4.79 Å². The fourth-order valence-corrected chi connectivity index (χ4v) is 1.39. The van der Waals surface area contributed by atoms with Crippen molar-refractivity contribution in [3.63, 3.8) is 0 Å². The van der Waals surface area contributed by atoms with Crippen LogP contribution < -0.4 is 10.6 Å². The molecule has 94 valence electrons. The number of hydrogen-bond donors (Lipinski definition) is 2. The minimum absolute atomic E-state index is 0.117. The number of hydrogen-bond acceptors (Lipinski definition) is 2. The number of amides is 1. The molecule has 3 nitrogen and oxygen atoms in total. The quantitative estimate of drug-likeness (QED) is 0.770. The van der Waals surface area contributed by atoms with Crippen molar-refractivity contribution in [1.29, 1.82) is 0 Å². The highest BCUT2D eigenvalue weighted by molar-refractivity contribution is 5.94. The predicted molar refractivity (Wildman–Crippen MR) is 62.0 cm³/mol. The van der Waals surface area contributed by atoms with E-state index in [1.54, 1.807) is 0 Å². The Kier molecular flexibility index (Phi) is 5.03. The van der Waals surface area contributed by atoms with Gasteiger partial charge in [0, 0.05) is 12.6 Å². The molecule has 0 aliphatic carbocycles. The maximum Gasteiger partial charge on any atom is 0.254 e. The average Bonchev–Trinajstić information content (AvgIpc) is 2.29. The number of benzene rings is 1. The fourth-order valence-electron chi connectivity index (χ4n) is 1.39. The molecule has 0 aliphatic rings. The molecule has 0 saturated carbocycles. The Balaban J connectivity index is 2.66. The average molecular weight is 242 g/mol. The van der Waals surface area contributed by atoms with Crippen LogP contribution in [0.25, 0.3) is 0 Å². The highest BCUT2D eigenvalue weighted by Crippen LogP contribution is 2.13. The highest BCUT2D eigenvalue weighted by atomic mass is 19.1. The summed E-state index contributed by atoms with van der Waals surface area (Å²) in [4.78, 5) is 11.6. The maximum absolute atomic E-state index is 13.3. The molecule has 0 radical (unpaired) electrons. The van der Waals surface area contributed by atoms with Crippen molar-refractivity contribution in [2.75, 3.05) is 20.1 Å². The topological polar surface area (TPSA) is 41.1 Å². The van der Waals surface area contributed by atoms with Crippen LogP contribution in [-0.2, 0) is 0 Å². The molecule has 0 spiro atoms. The van der Waals surface area contributed by atoms with Crippen LogP contribution in [0, 0.1) is 18.6 Å². The molecule has 0 aliphatic heterocycles. The van der Waals surface area contributed by atoms with Crippen LogP contribution in [-0.4, -0.2) is 26.0 Å². The second-order valence-corrected chi connectivity index (χ2v) is 3.79. The lowest BCUT2D eigenvalue weighted by molar-refractivity contribution is 0.0949. The molecule has 0 fully saturated rings. The minimum atomic E-state index is -0.834. The lowest BCUT2D eigenvalue weighted by Crippen LogP contribution is -2.27. The summed E-state index contributed by atoms with van der Waals surface area (Å²) in [6, 6.07) is 1.95. The molecule has 0 unspecified atom stereocenters. The molecule has 0 atom stereocenters. The molecule has 2 N–H and O–H groups in total. The van der Waals surface area contributed by atoms with Crippen molar-refractivity contribution in [1.82, 2.24) is 10.6 Å². The van der Waals surface area contributed by atoms with Gasteiger partial charge in [-0.15, -0.1) is 0 Å². The molecule has 0 heterocycles. The van der Waals surface area contributed by atoms with Gasteiger partial charge >= 0.3 is 0 Å². The van der Waals surface area contributed by atoms with E-state index in [2.05, 4.69) is 10.6 Å². The van der Waals surface area contributed by atoms with E-state index >= 15 is 0 Å². The number of carbonyl (C=O) groups excluding carboxylic acids is 1. The standard InChI is InChI=1S/C12H16F2N2O/c1-8-6-9(11(14)7-10(8)13)12(17)16-5-3-4-15-2/h6-7,15H,3-5H2,1-2H3,(H,16,17). The SMILES string of the molecule is CNCCCNC(=O)c1cc(C)c(F)cc1F. The summed E-state index contributed by atoms with van der Waals surface area (Å²) >= 11 is 0. The van der Waals surface area contributed by atoms with Crippen molar-refractivity contribution in [2.45, 2.75) is 13.3 Å². The number of nitrogens with one attached hydrogen (secondary N) is 2. The summed E-state index contributed by atoms with van der Waals surface area (Å²) in [6.45, 7) is 2.72. The van der Waals surface area contributed by atoms with Gasteiger partial charge in [-0.2, -0.15) is 0 Å². The number of carbonyl (C=O) groups is 1. The van der Waals surface area contributed by atoms with Gasteiger partial charge in [-0.1, -0.05) is 0 Å². The van der Waals surface area contributed by atoms with E-state index in [1.807, 2.05) is 7.05 Å². The number of aryl methyl sites for hydroxylation is 1. The van der Waals surface area contributed by atoms with Crippen LogP contribution in [0.4, 0.5) is 8.78 Å². The van der Waals surface area contributed by atoms with Gasteiger partial charge in [-0.05, 0) is 38.6 Å². The molecule has 1 aromatic rings. The van der Waals surface area contributed by atoms with E-state index in [9.17, 15) is 13.6 Å². The zero-order valence-electron chi connectivity index (χ0n) is 9.94. The third-order valence-corrected chi connectivity index (χ3v) is 2.38. The number of rotatable bonds is 5. The van der Waals surface area contributed by atoms with Crippen LogP contribution in [0.5, 0.6) is 0 Å². The third-order valence-electron chi connectivity index (χ3n) is 2.38. The first-order valence-electron chi connectivity index (χ1n) is 5.44. The molecular formula is C12H16F2N2O. The zero-order chi connectivity index (χ0) is 12.8. The summed E-state index contributed by atoms with van der Waals surface area (Å²) in [6.07, 6.45) is 0.754. The zero-order valence-corrected chi connectivity index (χ0v) is 9.94. The minimum Gasteiger partial charge on any atom is -0.352 e. The van der Waals surface area contributed by atoms with E-state index in [-0.39, 0.29) is 11.1 Å². The Morgan fingerprint density at radius 2 is 1.94 bits per heavy atom. The molecule has 0 bridgehead atoms. The van der Waals surface area contributed by atoms with Gasteiger partial charge in [0.1, 0.15) is 11.6 Å². The van der Waals surface area contributed by atoms with Crippen LogP contribution in [0.3, 0.4) is 0 Å². The summed E-state index contributed by atoms with van der Waals surface area (Å²) < 4.78 is 26.3. The summed E-state index contributed by atoms with van der Waals surface area (Å²) in [5, 5.41) is 5.51. The van der Waals surface area contributed by atoms with Crippen LogP contribution in [0.2, 0.25) is 0 Å². The van der Waals surface area contributed by atoms with Crippen molar-refractivity contribution in [2.24, 2.45) is 0 Å². The molecule has 5 heteroatoms. The first kappa shape index (κ1) is 13.6. The summed E-state index contributed by atoms with van der Waals surface area (Å²) in [5.41, 5.74) is 0.139. The van der Waals surface area contributed by atoms with Crippen molar-refractivity contribution in [3.05, 3.63) is 34.9 Å². The molecule has 17 heavy (non-hydrogen) atoms. The highest BCUT2D eigenvalue weighted by Gasteiger charge is 2.13. The van der Waals surface area contributed by atoms with Crippen molar-refractivity contribution >= 4 is 5.91 Å². The first-order chi connectivity index (χ1) is 8.06. The Morgan fingerprint density at radius 1 is 1.24 bits per heavy atom. The largest absolute Gasteiger partial charge is 0.352 e. The van der Waals surface area contributed by atoms with Gasteiger partial charge in [0.05, 0.1) is 5.56 Å². The molecule has 0 saturated heterocycles. The molecule has 0 aromatic heterocycles. The Bertz CT molecular complexity index is 408. The number of halogens is 2. The van der Waals surface area contributed by atoms with E-state index in [4.69, 9.17) is 0 Å². The maximum atomic E-state index is 13.3. The Labute approximate surface area is 99.2 Å². The van der Waals surface area contributed by atoms with E-state index in [0.29, 0.717) is 6.54 Å². The van der Waals surface area contributed by atoms with Gasteiger partial charge in [-0.25, -0.2) is 8.78 Å². The van der Waals surface area contributed by atoms with Gasteiger partial charge in [0.15, 0.2) is 0 Å². The first-order valence-corrected chi connectivity index (χ1v) is 5.44. The second kappa shape index (κ2) is 6.30. The lowest BCUT2D eigenvalue weighted by atomic mass is 10.1. The summed E-state index contributed by atoms with van der Waals surface area (Å²) in [5.74, 6) is -1.99. The summed E-state index contributed by atoms with van der Waals surface area (Å²) in [7, 11) is 1.81. The monoisotopic (exact) mass is 242 g/mol. The van der Waals surface area contributed by atoms with Crippen LogP contribution in [0.1, 0.15) is 22.3 Å². The van der Waals surface area contributed by atoms with Gasteiger partial charge in [0.2, 0.25) is 0 Å². The van der Waals surface area contributed by atoms with E-state index in [1.165, 1.54) is 13.0 Å². The Morgan fingerprint density at radius 3 is 2.59 bits per heavy atom. The molecular weight excluding hydrogens is 226 g/mol. The molecule has 1 aromatic carbocycles. The lowest BCUT2D eigenvalue weighted by Gasteiger charge is -2.07. The predicted octanol–water partition coefficient (Wildman–Crippen LogP) is 1.61. The molecule has 1 amide bonds. The third kappa shape index (κ3) is 3.78. The smallest absolute Gasteiger partial charge is 0.254 e. The van der Waals surface area contributed by atoms with Crippen molar-refractivity contribution in [3.8, 4) is 0 Å². The normalized spacial score (nSPS) is 10.4. The van der Waals surface area contributed by atoms with E-state index < -0.39 is 17.5 Å². The Hall–Kier alpha value is -1.49. The fraction of sp³-hybridized carbons (Fsp3) is 0.417. The van der Waals surface area contributed by atoms with Crippen LogP contribution >= 0.6 is 0 Å². The van der Waals surface area contributed by atoms with E-state index in [0.717, 1.165) is 19.0 Å². The van der Waals surface area contributed by atoms with Gasteiger partial charge in [0.25, 0.3) is 5.91 Å². The van der Waals surface area contributed by atoms with Crippen LogP contribution in [0.15, 0.2) is 12.1 Å². The second-order valence-electron chi connectivity index (χ2n) is 3.79. The molecule has 1 rings (SSSR count). The van der Waals surface area contributed by atoms with Gasteiger partial charge < -0.3 is 10.6 Å². The van der Waals surface area contributed by atoms with Crippen molar-refractivity contribution < 1.29 is 13.6 Å².